The zero-order valence-corrected chi connectivity index (χ0v) is 13.7. The molecule has 3 nitrogen and oxygen atoms in total. The topological polar surface area (TPSA) is 34.1 Å². The molecule has 1 aromatic heterocycles. The molecule has 0 aliphatic rings. The average molecular weight is 305 g/mol. The van der Waals surface area contributed by atoms with Crippen molar-refractivity contribution in [2.75, 3.05) is 6.54 Å². The molecule has 0 spiro atoms. The number of aromatic nitrogens is 1. The van der Waals surface area contributed by atoms with Gasteiger partial charge in [-0.05, 0) is 62.7 Å². The quantitative estimate of drug-likeness (QED) is 0.860. The molecule has 4 heteroatoms. The van der Waals surface area contributed by atoms with Crippen molar-refractivity contribution in [3.63, 3.8) is 0 Å². The molecule has 0 amide bonds. The molecule has 0 bridgehead atoms. The summed E-state index contributed by atoms with van der Waals surface area (Å²) < 4.78 is 5.95. The molecular formula is C17H21ClN2O. The predicted octanol–water partition coefficient (Wildman–Crippen LogP) is 4.81. The fraction of sp³-hybridized carbons (Fsp3) is 0.353. The van der Waals surface area contributed by atoms with Gasteiger partial charge in [0.15, 0.2) is 0 Å². The maximum absolute atomic E-state index is 6.04. The first-order valence-corrected chi connectivity index (χ1v) is 7.53. The van der Waals surface area contributed by atoms with E-state index in [2.05, 4.69) is 24.1 Å². The lowest BCUT2D eigenvalue weighted by Crippen LogP contribution is -2.18. The summed E-state index contributed by atoms with van der Waals surface area (Å²) in [4.78, 5) is 4.46. The van der Waals surface area contributed by atoms with Gasteiger partial charge in [-0.25, -0.2) is 0 Å². The van der Waals surface area contributed by atoms with E-state index in [9.17, 15) is 0 Å². The fourth-order valence-electron chi connectivity index (χ4n) is 2.30. The van der Waals surface area contributed by atoms with Crippen molar-refractivity contribution in [2.24, 2.45) is 0 Å². The minimum Gasteiger partial charge on any atom is -0.455 e. The van der Waals surface area contributed by atoms with Crippen LogP contribution in [-0.4, -0.2) is 11.5 Å². The van der Waals surface area contributed by atoms with Crippen molar-refractivity contribution in [1.82, 2.24) is 10.3 Å². The van der Waals surface area contributed by atoms with Gasteiger partial charge in [0.25, 0.3) is 0 Å². The molecule has 1 unspecified atom stereocenters. The van der Waals surface area contributed by atoms with Crippen molar-refractivity contribution < 1.29 is 4.74 Å². The molecule has 2 rings (SSSR count). The van der Waals surface area contributed by atoms with E-state index in [1.54, 1.807) is 6.20 Å². The first kappa shape index (κ1) is 15.8. The van der Waals surface area contributed by atoms with Crippen molar-refractivity contribution in [2.45, 2.75) is 33.7 Å². The minimum atomic E-state index is 0.239. The van der Waals surface area contributed by atoms with Crippen LogP contribution < -0.4 is 10.1 Å². The van der Waals surface area contributed by atoms with Crippen LogP contribution in [-0.2, 0) is 0 Å². The fourth-order valence-corrected chi connectivity index (χ4v) is 2.62. The number of hydrogen-bond acceptors (Lipinski definition) is 3. The number of nitrogens with one attached hydrogen (secondary N) is 1. The maximum atomic E-state index is 6.04. The van der Waals surface area contributed by atoms with E-state index in [1.165, 1.54) is 0 Å². The highest BCUT2D eigenvalue weighted by molar-refractivity contribution is 6.30. The number of nitrogens with zero attached hydrogens (tertiary/aromatic N) is 1. The van der Waals surface area contributed by atoms with E-state index < -0.39 is 0 Å². The summed E-state index contributed by atoms with van der Waals surface area (Å²) in [6.45, 7) is 9.08. The van der Waals surface area contributed by atoms with Crippen LogP contribution in [0, 0.1) is 13.8 Å². The smallest absolute Gasteiger partial charge is 0.145 e. The van der Waals surface area contributed by atoms with Gasteiger partial charge in [-0.3, -0.25) is 4.98 Å². The molecule has 2 aromatic rings. The third-order valence-electron chi connectivity index (χ3n) is 3.36. The number of benzene rings is 1. The standard InChI is InChI=1S/C17H21ClN2O/c1-5-19-13(4)16-7-6-15(10-20-16)21-17-11(2)8-14(18)9-12(17)3/h6-10,13,19H,5H2,1-4H3. The van der Waals surface area contributed by atoms with Gasteiger partial charge in [0.05, 0.1) is 11.9 Å². The number of ether oxygens (including phenoxy) is 1. The van der Waals surface area contributed by atoms with E-state index in [4.69, 9.17) is 16.3 Å². The highest BCUT2D eigenvalue weighted by Gasteiger charge is 2.09. The van der Waals surface area contributed by atoms with E-state index in [0.29, 0.717) is 0 Å². The molecule has 1 heterocycles. The van der Waals surface area contributed by atoms with Crippen LogP contribution in [0.25, 0.3) is 0 Å². The minimum absolute atomic E-state index is 0.239. The third-order valence-corrected chi connectivity index (χ3v) is 3.58. The monoisotopic (exact) mass is 304 g/mol. The largest absolute Gasteiger partial charge is 0.455 e. The first-order chi connectivity index (χ1) is 10.0. The zero-order chi connectivity index (χ0) is 15.4. The van der Waals surface area contributed by atoms with E-state index in [0.717, 1.165) is 39.9 Å². The lowest BCUT2D eigenvalue weighted by molar-refractivity contribution is 0.471. The molecule has 21 heavy (non-hydrogen) atoms. The van der Waals surface area contributed by atoms with Gasteiger partial charge in [0, 0.05) is 11.1 Å². The van der Waals surface area contributed by atoms with Gasteiger partial charge in [-0.15, -0.1) is 0 Å². The summed E-state index contributed by atoms with van der Waals surface area (Å²) in [7, 11) is 0. The number of hydrogen-bond donors (Lipinski definition) is 1. The Kier molecular flexibility index (Phi) is 5.21. The van der Waals surface area contributed by atoms with E-state index in [1.807, 2.05) is 38.1 Å². The number of halogens is 1. The molecule has 0 saturated carbocycles. The van der Waals surface area contributed by atoms with Crippen molar-refractivity contribution in [3.8, 4) is 11.5 Å². The second kappa shape index (κ2) is 6.92. The summed E-state index contributed by atoms with van der Waals surface area (Å²) in [5.41, 5.74) is 3.05. The van der Waals surface area contributed by atoms with Crippen LogP contribution in [0.5, 0.6) is 11.5 Å². The Hall–Kier alpha value is -1.58. The van der Waals surface area contributed by atoms with Gasteiger partial charge in [0.2, 0.25) is 0 Å². The predicted molar refractivity (Wildman–Crippen MR) is 87.3 cm³/mol. The SMILES string of the molecule is CCNC(C)c1ccc(Oc2c(C)cc(Cl)cc2C)cn1. The lowest BCUT2D eigenvalue weighted by Gasteiger charge is -2.14. The molecule has 1 atom stereocenters. The van der Waals surface area contributed by atoms with E-state index in [-0.39, 0.29) is 6.04 Å². The number of pyridine rings is 1. The summed E-state index contributed by atoms with van der Waals surface area (Å²) in [5, 5.41) is 4.06. The molecule has 0 aliphatic carbocycles. The third kappa shape index (κ3) is 3.96. The van der Waals surface area contributed by atoms with Crippen LogP contribution in [0.2, 0.25) is 5.02 Å². The molecule has 0 aliphatic heterocycles. The van der Waals surface area contributed by atoms with Gasteiger partial charge >= 0.3 is 0 Å². The second-order valence-corrected chi connectivity index (χ2v) is 5.61. The van der Waals surface area contributed by atoms with Crippen LogP contribution >= 0.6 is 11.6 Å². The van der Waals surface area contributed by atoms with Crippen LogP contribution in [0.1, 0.15) is 36.7 Å². The number of rotatable bonds is 5. The lowest BCUT2D eigenvalue weighted by atomic mass is 10.1. The van der Waals surface area contributed by atoms with Gasteiger partial charge in [-0.1, -0.05) is 18.5 Å². The second-order valence-electron chi connectivity index (χ2n) is 5.17. The Morgan fingerprint density at radius 1 is 1.24 bits per heavy atom. The summed E-state index contributed by atoms with van der Waals surface area (Å²) in [5.74, 6) is 1.57. The van der Waals surface area contributed by atoms with Crippen molar-refractivity contribution >= 4 is 11.6 Å². The van der Waals surface area contributed by atoms with Crippen LogP contribution in [0.4, 0.5) is 0 Å². The van der Waals surface area contributed by atoms with Crippen LogP contribution in [0.3, 0.4) is 0 Å². The highest BCUT2D eigenvalue weighted by atomic mass is 35.5. The van der Waals surface area contributed by atoms with Crippen molar-refractivity contribution in [3.05, 3.63) is 52.3 Å². The molecule has 1 N–H and O–H groups in total. The Balaban J connectivity index is 2.17. The zero-order valence-electron chi connectivity index (χ0n) is 12.9. The first-order valence-electron chi connectivity index (χ1n) is 7.15. The van der Waals surface area contributed by atoms with Crippen molar-refractivity contribution in [1.29, 1.82) is 0 Å². The Bertz CT molecular complexity index is 588. The molecule has 0 radical (unpaired) electrons. The maximum Gasteiger partial charge on any atom is 0.145 e. The molecule has 112 valence electrons. The average Bonchev–Trinajstić information content (AvgIpc) is 2.43. The summed E-state index contributed by atoms with van der Waals surface area (Å²) in [6, 6.07) is 7.98. The molecule has 0 fully saturated rings. The Morgan fingerprint density at radius 2 is 1.90 bits per heavy atom. The summed E-state index contributed by atoms with van der Waals surface area (Å²) >= 11 is 6.04. The van der Waals surface area contributed by atoms with Crippen LogP contribution in [0.15, 0.2) is 30.5 Å². The Morgan fingerprint density at radius 3 is 2.43 bits per heavy atom. The molecule has 1 aromatic carbocycles. The van der Waals surface area contributed by atoms with Gasteiger partial charge in [-0.2, -0.15) is 0 Å². The number of aryl methyl sites for hydroxylation is 2. The molecular weight excluding hydrogens is 284 g/mol. The van der Waals surface area contributed by atoms with Gasteiger partial charge in [0.1, 0.15) is 11.5 Å². The van der Waals surface area contributed by atoms with E-state index >= 15 is 0 Å². The molecule has 0 saturated heterocycles. The highest BCUT2D eigenvalue weighted by Crippen LogP contribution is 2.31. The summed E-state index contributed by atoms with van der Waals surface area (Å²) in [6.07, 6.45) is 1.76. The normalized spacial score (nSPS) is 12.2. The Labute approximate surface area is 131 Å². The van der Waals surface area contributed by atoms with Gasteiger partial charge < -0.3 is 10.1 Å².